The summed E-state index contributed by atoms with van der Waals surface area (Å²) in [6, 6.07) is 8.74. The lowest BCUT2D eigenvalue weighted by Gasteiger charge is -2.26. The monoisotopic (exact) mass is 199 g/mol. The molecule has 3 nitrogen and oxygen atoms in total. The lowest BCUT2D eigenvalue weighted by Crippen LogP contribution is -2.33. The molecule has 15 heavy (non-hydrogen) atoms. The van der Waals surface area contributed by atoms with Crippen molar-refractivity contribution in [2.45, 2.75) is 12.6 Å². The van der Waals surface area contributed by atoms with Crippen LogP contribution in [-0.4, -0.2) is 16.1 Å². The summed E-state index contributed by atoms with van der Waals surface area (Å²) in [5, 5.41) is 3.53. The first-order chi connectivity index (χ1) is 7.45. The van der Waals surface area contributed by atoms with Crippen LogP contribution >= 0.6 is 0 Å². The number of aromatic nitrogens is 2. The van der Waals surface area contributed by atoms with Crippen molar-refractivity contribution < 1.29 is 0 Å². The maximum absolute atomic E-state index is 4.05. The van der Waals surface area contributed by atoms with Crippen molar-refractivity contribution in [3.8, 4) is 0 Å². The van der Waals surface area contributed by atoms with Gasteiger partial charge in [-0.15, -0.1) is 0 Å². The normalized spacial score (nSPS) is 19.9. The van der Waals surface area contributed by atoms with E-state index in [-0.39, 0.29) is 0 Å². The van der Waals surface area contributed by atoms with E-state index < -0.39 is 0 Å². The second-order valence-electron chi connectivity index (χ2n) is 3.79. The Morgan fingerprint density at radius 2 is 2.13 bits per heavy atom. The molecule has 76 valence electrons. The van der Waals surface area contributed by atoms with Crippen LogP contribution in [-0.2, 0) is 6.54 Å². The third kappa shape index (κ3) is 1.45. The van der Waals surface area contributed by atoms with Crippen molar-refractivity contribution in [3.63, 3.8) is 0 Å². The summed E-state index contributed by atoms with van der Waals surface area (Å²) in [7, 11) is 0. The maximum Gasteiger partial charge on any atom is 0.0732 e. The second kappa shape index (κ2) is 3.51. The zero-order valence-corrected chi connectivity index (χ0v) is 8.43. The van der Waals surface area contributed by atoms with E-state index in [1.54, 1.807) is 0 Å². The molecule has 0 saturated heterocycles. The molecule has 3 heterocycles. The first-order valence-electron chi connectivity index (χ1n) is 5.23. The van der Waals surface area contributed by atoms with Gasteiger partial charge in [-0.05, 0) is 29.8 Å². The molecule has 0 spiro atoms. The largest absolute Gasteiger partial charge is 0.348 e. The van der Waals surface area contributed by atoms with Crippen molar-refractivity contribution in [1.82, 2.24) is 14.9 Å². The Labute approximate surface area is 88.8 Å². The van der Waals surface area contributed by atoms with Gasteiger partial charge in [0, 0.05) is 37.4 Å². The van der Waals surface area contributed by atoms with Gasteiger partial charge in [-0.2, -0.15) is 0 Å². The van der Waals surface area contributed by atoms with Gasteiger partial charge in [0.1, 0.15) is 0 Å². The van der Waals surface area contributed by atoms with Crippen LogP contribution < -0.4 is 5.32 Å². The first kappa shape index (κ1) is 8.68. The predicted molar refractivity (Wildman–Crippen MR) is 58.5 cm³/mol. The van der Waals surface area contributed by atoms with Gasteiger partial charge in [0.05, 0.1) is 6.04 Å². The third-order valence-electron chi connectivity index (χ3n) is 2.90. The number of hydrogen-bond donors (Lipinski definition) is 1. The van der Waals surface area contributed by atoms with Gasteiger partial charge in [0.15, 0.2) is 0 Å². The molecule has 1 aliphatic heterocycles. The fraction of sp³-hybridized carbons (Fsp3) is 0.250. The Morgan fingerprint density at radius 3 is 3.00 bits per heavy atom. The molecule has 0 aliphatic carbocycles. The smallest absolute Gasteiger partial charge is 0.0732 e. The molecular formula is C12H13N3. The third-order valence-corrected chi connectivity index (χ3v) is 2.90. The molecule has 1 aliphatic rings. The van der Waals surface area contributed by atoms with E-state index in [0.29, 0.717) is 6.04 Å². The van der Waals surface area contributed by atoms with E-state index in [1.807, 2.05) is 12.4 Å². The molecule has 0 radical (unpaired) electrons. The van der Waals surface area contributed by atoms with Crippen molar-refractivity contribution in [1.29, 1.82) is 0 Å². The van der Waals surface area contributed by atoms with Crippen LogP contribution in [0.5, 0.6) is 0 Å². The van der Waals surface area contributed by atoms with E-state index in [0.717, 1.165) is 13.1 Å². The van der Waals surface area contributed by atoms with E-state index in [1.165, 1.54) is 11.3 Å². The average Bonchev–Trinajstić information content (AvgIpc) is 2.78. The summed E-state index contributed by atoms with van der Waals surface area (Å²) < 4.78 is 2.31. The van der Waals surface area contributed by atoms with Crippen LogP contribution in [0, 0.1) is 0 Å². The lowest BCUT2D eigenvalue weighted by atomic mass is 10.0. The molecule has 1 atom stereocenters. The molecule has 0 unspecified atom stereocenters. The minimum atomic E-state index is 0.316. The van der Waals surface area contributed by atoms with E-state index in [2.05, 4.69) is 45.3 Å². The van der Waals surface area contributed by atoms with Gasteiger partial charge in [-0.3, -0.25) is 4.98 Å². The Morgan fingerprint density at radius 1 is 1.27 bits per heavy atom. The molecule has 3 heteroatoms. The van der Waals surface area contributed by atoms with Crippen molar-refractivity contribution in [2.75, 3.05) is 6.54 Å². The summed E-state index contributed by atoms with van der Waals surface area (Å²) >= 11 is 0. The average molecular weight is 199 g/mol. The molecular weight excluding hydrogens is 186 g/mol. The summed E-state index contributed by atoms with van der Waals surface area (Å²) in [5.74, 6) is 0. The fourth-order valence-electron chi connectivity index (χ4n) is 2.17. The number of hydrogen-bond acceptors (Lipinski definition) is 2. The van der Waals surface area contributed by atoms with Crippen LogP contribution in [0.3, 0.4) is 0 Å². The minimum Gasteiger partial charge on any atom is -0.348 e. The minimum absolute atomic E-state index is 0.316. The Kier molecular flexibility index (Phi) is 2.03. The number of fused-ring (bicyclic) bond motifs is 1. The van der Waals surface area contributed by atoms with Crippen molar-refractivity contribution in [2.24, 2.45) is 0 Å². The quantitative estimate of drug-likeness (QED) is 0.755. The number of nitrogens with one attached hydrogen (secondary N) is 1. The van der Waals surface area contributed by atoms with Crippen LogP contribution in [0.4, 0.5) is 0 Å². The van der Waals surface area contributed by atoms with Gasteiger partial charge >= 0.3 is 0 Å². The van der Waals surface area contributed by atoms with Gasteiger partial charge < -0.3 is 9.88 Å². The highest BCUT2D eigenvalue weighted by molar-refractivity contribution is 5.28. The number of rotatable bonds is 1. The highest BCUT2D eigenvalue weighted by Crippen LogP contribution is 2.24. The molecule has 3 rings (SSSR count). The number of nitrogens with zero attached hydrogens (tertiary/aromatic N) is 2. The Hall–Kier alpha value is -1.61. The summed E-state index contributed by atoms with van der Waals surface area (Å²) in [6.07, 6.45) is 5.84. The zero-order chi connectivity index (χ0) is 10.1. The SMILES string of the molecule is c1cc2n(c1)CCN[C@@H]2c1ccncc1. The van der Waals surface area contributed by atoms with Crippen LogP contribution in [0.25, 0.3) is 0 Å². The summed E-state index contributed by atoms with van der Waals surface area (Å²) in [6.45, 7) is 2.08. The Bertz CT molecular complexity index is 447. The topological polar surface area (TPSA) is 29.9 Å². The summed E-state index contributed by atoms with van der Waals surface area (Å²) in [4.78, 5) is 4.05. The fourth-order valence-corrected chi connectivity index (χ4v) is 2.17. The number of pyridine rings is 1. The standard InChI is InChI=1S/C12H13N3/c1-2-11-12(10-3-5-13-6-4-10)14-7-9-15(11)8-1/h1-6,8,12,14H,7,9H2/t12-/m1/s1. The van der Waals surface area contributed by atoms with E-state index in [9.17, 15) is 0 Å². The molecule has 2 aromatic rings. The van der Waals surface area contributed by atoms with E-state index in [4.69, 9.17) is 0 Å². The van der Waals surface area contributed by atoms with Crippen molar-refractivity contribution in [3.05, 3.63) is 54.1 Å². The Balaban J connectivity index is 2.03. The van der Waals surface area contributed by atoms with Gasteiger partial charge in [0.2, 0.25) is 0 Å². The lowest BCUT2D eigenvalue weighted by molar-refractivity contribution is 0.467. The zero-order valence-electron chi connectivity index (χ0n) is 8.43. The first-order valence-corrected chi connectivity index (χ1v) is 5.23. The molecule has 0 amide bonds. The molecule has 0 aromatic carbocycles. The summed E-state index contributed by atoms with van der Waals surface area (Å²) in [5.41, 5.74) is 2.62. The molecule has 0 saturated carbocycles. The van der Waals surface area contributed by atoms with Crippen LogP contribution in [0.2, 0.25) is 0 Å². The molecule has 1 N–H and O–H groups in total. The highest BCUT2D eigenvalue weighted by atomic mass is 15.1. The second-order valence-corrected chi connectivity index (χ2v) is 3.79. The molecule has 0 fully saturated rings. The maximum atomic E-state index is 4.05. The van der Waals surface area contributed by atoms with Gasteiger partial charge in [0.25, 0.3) is 0 Å². The predicted octanol–water partition coefficient (Wildman–Crippen LogP) is 1.58. The molecule has 2 aromatic heterocycles. The van der Waals surface area contributed by atoms with Crippen molar-refractivity contribution >= 4 is 0 Å². The van der Waals surface area contributed by atoms with Gasteiger partial charge in [-0.25, -0.2) is 0 Å². The van der Waals surface area contributed by atoms with E-state index >= 15 is 0 Å². The van der Waals surface area contributed by atoms with Crippen LogP contribution in [0.1, 0.15) is 17.3 Å². The van der Waals surface area contributed by atoms with Gasteiger partial charge in [-0.1, -0.05) is 0 Å². The highest BCUT2D eigenvalue weighted by Gasteiger charge is 2.20. The van der Waals surface area contributed by atoms with Crippen LogP contribution in [0.15, 0.2) is 42.9 Å². The molecule has 0 bridgehead atoms.